The number of ether oxygens (including phenoxy) is 1. The topological polar surface area (TPSA) is 71.5 Å². The summed E-state index contributed by atoms with van der Waals surface area (Å²) in [7, 11) is 0. The minimum Gasteiger partial charge on any atom is -0.484 e. The summed E-state index contributed by atoms with van der Waals surface area (Å²) in [4.78, 5) is 29.2. The lowest BCUT2D eigenvalue weighted by molar-refractivity contribution is -0.159. The first kappa shape index (κ1) is 22.2. The number of benzene rings is 1. The van der Waals surface area contributed by atoms with Gasteiger partial charge in [-0.1, -0.05) is 13.0 Å². The molecule has 1 aromatic heterocycles. The van der Waals surface area contributed by atoms with Gasteiger partial charge in [-0.15, -0.1) is 0 Å². The highest BCUT2D eigenvalue weighted by molar-refractivity contribution is 5.93. The number of aromatic nitrogens is 1. The zero-order valence-corrected chi connectivity index (χ0v) is 18.2. The Morgan fingerprint density at radius 1 is 1.19 bits per heavy atom. The van der Waals surface area contributed by atoms with Crippen molar-refractivity contribution in [2.75, 3.05) is 18.4 Å². The van der Waals surface area contributed by atoms with E-state index in [1.807, 2.05) is 19.1 Å². The highest BCUT2D eigenvalue weighted by Crippen LogP contribution is 2.34. The Morgan fingerprint density at radius 3 is 2.59 bits per heavy atom. The van der Waals surface area contributed by atoms with E-state index in [-0.39, 0.29) is 37.1 Å². The Morgan fingerprint density at radius 2 is 1.94 bits per heavy atom. The molecule has 6 nitrogen and oxygen atoms in total. The third-order valence-electron chi connectivity index (χ3n) is 5.93. The van der Waals surface area contributed by atoms with E-state index in [4.69, 9.17) is 4.74 Å². The highest BCUT2D eigenvalue weighted by Gasteiger charge is 2.47. The first-order valence-electron chi connectivity index (χ1n) is 11.0. The standard InChI is InChI=1S/C24H27F2N3O3/c1-3-22(30)29-11-9-20(24(25,26)14-29)32-19-7-6-17(12-15(19)2)18-8-10-27-21(13-18)28-23(31)16-4-5-16/h6-8,10,12-13,16,20H,3-5,9,11,14H2,1-2H3,(H,27,28,31). The maximum atomic E-state index is 14.6. The number of aryl methyl sites for hydroxylation is 1. The fourth-order valence-electron chi connectivity index (χ4n) is 3.87. The van der Waals surface area contributed by atoms with Crippen LogP contribution in [0.4, 0.5) is 14.6 Å². The fourth-order valence-corrected chi connectivity index (χ4v) is 3.87. The number of nitrogens with one attached hydrogen (secondary N) is 1. The summed E-state index contributed by atoms with van der Waals surface area (Å²) in [6.45, 7) is 3.12. The summed E-state index contributed by atoms with van der Waals surface area (Å²) in [5, 5.41) is 2.83. The van der Waals surface area contributed by atoms with E-state index in [1.165, 1.54) is 4.90 Å². The van der Waals surface area contributed by atoms with E-state index < -0.39 is 18.6 Å². The second-order valence-electron chi connectivity index (χ2n) is 8.50. The Bertz CT molecular complexity index is 1020. The molecule has 0 spiro atoms. The zero-order chi connectivity index (χ0) is 22.9. The molecule has 4 rings (SSSR count). The van der Waals surface area contributed by atoms with Crippen molar-refractivity contribution in [2.24, 2.45) is 5.92 Å². The van der Waals surface area contributed by atoms with Gasteiger partial charge in [0, 0.05) is 31.5 Å². The van der Waals surface area contributed by atoms with Gasteiger partial charge in [0.1, 0.15) is 11.6 Å². The lowest BCUT2D eigenvalue weighted by atomic mass is 10.0. The maximum absolute atomic E-state index is 14.6. The lowest BCUT2D eigenvalue weighted by Crippen LogP contribution is -2.55. The lowest BCUT2D eigenvalue weighted by Gasteiger charge is -2.38. The Balaban J connectivity index is 1.46. The van der Waals surface area contributed by atoms with Crippen molar-refractivity contribution in [1.82, 2.24) is 9.88 Å². The molecule has 170 valence electrons. The number of hydrogen-bond donors (Lipinski definition) is 1. The number of nitrogens with zero attached hydrogens (tertiary/aromatic N) is 2. The van der Waals surface area contributed by atoms with E-state index >= 15 is 0 Å². The van der Waals surface area contributed by atoms with Crippen molar-refractivity contribution >= 4 is 17.6 Å². The molecule has 1 unspecified atom stereocenters. The summed E-state index contributed by atoms with van der Waals surface area (Å²) in [5.74, 6) is -2.43. The third kappa shape index (κ3) is 4.89. The molecule has 2 aromatic rings. The molecule has 8 heteroatoms. The molecule has 1 aliphatic heterocycles. The molecular formula is C24H27F2N3O3. The van der Waals surface area contributed by atoms with Gasteiger partial charge < -0.3 is 15.0 Å². The Kier molecular flexibility index (Phi) is 6.13. The SMILES string of the molecule is CCC(=O)N1CCC(Oc2ccc(-c3ccnc(NC(=O)C4CC4)c3)cc2C)C(F)(F)C1. The molecule has 1 saturated carbocycles. The maximum Gasteiger partial charge on any atom is 0.301 e. The number of amides is 2. The second-order valence-corrected chi connectivity index (χ2v) is 8.50. The number of rotatable bonds is 6. The van der Waals surface area contributed by atoms with Crippen LogP contribution in [0.5, 0.6) is 5.75 Å². The van der Waals surface area contributed by atoms with Crippen LogP contribution in [0, 0.1) is 12.8 Å². The molecule has 1 aromatic carbocycles. The van der Waals surface area contributed by atoms with Crippen molar-refractivity contribution in [3.05, 3.63) is 42.1 Å². The van der Waals surface area contributed by atoms with Crippen LogP contribution >= 0.6 is 0 Å². The number of carbonyl (C=O) groups excluding carboxylic acids is 2. The van der Waals surface area contributed by atoms with Crippen LogP contribution in [0.1, 0.15) is 38.2 Å². The average Bonchev–Trinajstić information content (AvgIpc) is 3.61. The van der Waals surface area contributed by atoms with E-state index in [0.29, 0.717) is 11.6 Å². The van der Waals surface area contributed by atoms with Gasteiger partial charge in [-0.3, -0.25) is 9.59 Å². The number of alkyl halides is 2. The third-order valence-corrected chi connectivity index (χ3v) is 5.93. The molecule has 1 N–H and O–H groups in total. The summed E-state index contributed by atoms with van der Waals surface area (Å²) >= 11 is 0. The quantitative estimate of drug-likeness (QED) is 0.717. The molecular weight excluding hydrogens is 416 g/mol. The van der Waals surface area contributed by atoms with Gasteiger partial charge in [-0.25, -0.2) is 13.8 Å². The number of hydrogen-bond acceptors (Lipinski definition) is 4. The highest BCUT2D eigenvalue weighted by atomic mass is 19.3. The van der Waals surface area contributed by atoms with Crippen LogP contribution in [0.25, 0.3) is 11.1 Å². The van der Waals surface area contributed by atoms with Gasteiger partial charge in [0.2, 0.25) is 11.8 Å². The molecule has 0 bridgehead atoms. The van der Waals surface area contributed by atoms with Gasteiger partial charge in [-0.05, 0) is 60.7 Å². The average molecular weight is 443 g/mol. The number of piperidine rings is 1. The summed E-state index contributed by atoms with van der Waals surface area (Å²) in [6.07, 6.45) is 2.47. The number of halogens is 2. The first-order chi connectivity index (χ1) is 15.3. The van der Waals surface area contributed by atoms with Crippen LogP contribution in [0.2, 0.25) is 0 Å². The van der Waals surface area contributed by atoms with E-state index in [2.05, 4.69) is 10.3 Å². The number of likely N-dealkylation sites (tertiary alicyclic amines) is 1. The number of pyridine rings is 1. The normalized spacial score (nSPS) is 20.0. The van der Waals surface area contributed by atoms with Crippen molar-refractivity contribution < 1.29 is 23.1 Å². The van der Waals surface area contributed by atoms with E-state index in [9.17, 15) is 18.4 Å². The zero-order valence-electron chi connectivity index (χ0n) is 18.2. The van der Waals surface area contributed by atoms with Gasteiger partial charge in [0.15, 0.2) is 6.10 Å². The number of anilines is 1. The first-order valence-corrected chi connectivity index (χ1v) is 11.0. The molecule has 2 aliphatic rings. The molecule has 2 heterocycles. The summed E-state index contributed by atoms with van der Waals surface area (Å²) in [5.41, 5.74) is 2.46. The predicted molar refractivity (Wildman–Crippen MR) is 117 cm³/mol. The second kappa shape index (κ2) is 8.84. The van der Waals surface area contributed by atoms with Gasteiger partial charge in [-0.2, -0.15) is 0 Å². The van der Waals surface area contributed by atoms with Crippen LogP contribution in [0.3, 0.4) is 0 Å². The summed E-state index contributed by atoms with van der Waals surface area (Å²) in [6, 6.07) is 8.98. The van der Waals surface area contributed by atoms with Gasteiger partial charge in [0.05, 0.1) is 6.54 Å². The monoisotopic (exact) mass is 443 g/mol. The van der Waals surface area contributed by atoms with Crippen molar-refractivity contribution in [1.29, 1.82) is 0 Å². The molecule has 1 aliphatic carbocycles. The summed E-state index contributed by atoms with van der Waals surface area (Å²) < 4.78 is 35.0. The van der Waals surface area contributed by atoms with Gasteiger partial charge in [0.25, 0.3) is 0 Å². The van der Waals surface area contributed by atoms with Crippen molar-refractivity contribution in [2.45, 2.75) is 51.6 Å². The Labute approximate surface area is 186 Å². The van der Waals surface area contributed by atoms with Crippen molar-refractivity contribution in [3.63, 3.8) is 0 Å². The predicted octanol–water partition coefficient (Wildman–Crippen LogP) is 4.43. The van der Waals surface area contributed by atoms with Crippen LogP contribution < -0.4 is 10.1 Å². The number of carbonyl (C=O) groups is 2. The molecule has 0 radical (unpaired) electrons. The smallest absolute Gasteiger partial charge is 0.301 e. The van der Waals surface area contributed by atoms with Crippen LogP contribution in [-0.2, 0) is 9.59 Å². The van der Waals surface area contributed by atoms with Crippen LogP contribution in [0.15, 0.2) is 36.5 Å². The molecule has 1 saturated heterocycles. The minimum atomic E-state index is -3.12. The molecule has 32 heavy (non-hydrogen) atoms. The molecule has 2 amide bonds. The van der Waals surface area contributed by atoms with Gasteiger partial charge >= 0.3 is 5.92 Å². The van der Waals surface area contributed by atoms with Crippen LogP contribution in [-0.4, -0.2) is 46.8 Å². The van der Waals surface area contributed by atoms with E-state index in [0.717, 1.165) is 29.5 Å². The fraction of sp³-hybridized carbons (Fsp3) is 0.458. The van der Waals surface area contributed by atoms with E-state index in [1.54, 1.807) is 31.3 Å². The molecule has 2 fully saturated rings. The minimum absolute atomic E-state index is 0.0119. The Hall–Kier alpha value is -3.03. The van der Waals surface area contributed by atoms with Crippen molar-refractivity contribution in [3.8, 4) is 16.9 Å². The largest absolute Gasteiger partial charge is 0.484 e. The molecule has 1 atom stereocenters.